The Kier molecular flexibility index (Phi) is 4.45. The molecule has 0 spiro atoms. The summed E-state index contributed by atoms with van der Waals surface area (Å²) >= 11 is 0. The average molecular weight is 276 g/mol. The van der Waals surface area contributed by atoms with Crippen LogP contribution in [0.4, 0.5) is 4.39 Å². The van der Waals surface area contributed by atoms with E-state index >= 15 is 0 Å². The Morgan fingerprint density at radius 2 is 2.05 bits per heavy atom. The summed E-state index contributed by atoms with van der Waals surface area (Å²) in [7, 11) is 1.72. The fourth-order valence-electron chi connectivity index (χ4n) is 1.85. The molecular formula is C14H17FN4O. The molecule has 1 N–H and O–H groups in total. The van der Waals surface area contributed by atoms with Gasteiger partial charge >= 0.3 is 0 Å². The van der Waals surface area contributed by atoms with Crippen LogP contribution in [0.15, 0.2) is 24.3 Å². The quantitative estimate of drug-likeness (QED) is 0.906. The predicted octanol–water partition coefficient (Wildman–Crippen LogP) is 1.84. The van der Waals surface area contributed by atoms with E-state index in [1.165, 1.54) is 12.1 Å². The van der Waals surface area contributed by atoms with Crippen LogP contribution in [0, 0.1) is 12.7 Å². The van der Waals surface area contributed by atoms with Gasteiger partial charge < -0.3 is 4.90 Å². The minimum atomic E-state index is -0.267. The molecule has 0 aliphatic rings. The van der Waals surface area contributed by atoms with Gasteiger partial charge in [0.2, 0.25) is 5.91 Å². The molecule has 1 amide bonds. The number of nitrogens with zero attached hydrogens (tertiary/aromatic N) is 3. The summed E-state index contributed by atoms with van der Waals surface area (Å²) in [5.41, 5.74) is 0.946. The lowest BCUT2D eigenvalue weighted by Gasteiger charge is -2.15. The second kappa shape index (κ2) is 6.27. The van der Waals surface area contributed by atoms with Gasteiger partial charge in [-0.1, -0.05) is 12.1 Å². The van der Waals surface area contributed by atoms with E-state index < -0.39 is 0 Å². The number of aryl methyl sites for hydroxylation is 2. The molecule has 0 atom stereocenters. The maximum absolute atomic E-state index is 12.8. The van der Waals surface area contributed by atoms with Gasteiger partial charge in [0.05, 0.1) is 6.54 Å². The number of rotatable bonds is 5. The maximum atomic E-state index is 12.8. The first-order chi connectivity index (χ1) is 9.54. The first-order valence-electron chi connectivity index (χ1n) is 6.41. The summed E-state index contributed by atoms with van der Waals surface area (Å²) < 4.78 is 12.8. The van der Waals surface area contributed by atoms with Crippen LogP contribution in [-0.4, -0.2) is 33.0 Å². The highest BCUT2D eigenvalue weighted by atomic mass is 19.1. The summed E-state index contributed by atoms with van der Waals surface area (Å²) in [5.74, 6) is 1.07. The highest BCUT2D eigenvalue weighted by Gasteiger charge is 2.11. The zero-order valence-corrected chi connectivity index (χ0v) is 11.6. The third kappa shape index (κ3) is 3.88. The number of aromatic nitrogens is 3. The van der Waals surface area contributed by atoms with Gasteiger partial charge in [-0.05, 0) is 31.0 Å². The van der Waals surface area contributed by atoms with Gasteiger partial charge in [-0.2, -0.15) is 5.10 Å². The lowest BCUT2D eigenvalue weighted by atomic mass is 10.1. The first-order valence-corrected chi connectivity index (χ1v) is 6.41. The number of amides is 1. The number of halogens is 1. The summed E-state index contributed by atoms with van der Waals surface area (Å²) in [4.78, 5) is 17.7. The van der Waals surface area contributed by atoms with Crippen molar-refractivity contribution in [3.8, 4) is 0 Å². The van der Waals surface area contributed by atoms with Gasteiger partial charge in [0.25, 0.3) is 0 Å². The van der Waals surface area contributed by atoms with E-state index in [4.69, 9.17) is 0 Å². The van der Waals surface area contributed by atoms with Gasteiger partial charge in [-0.3, -0.25) is 9.89 Å². The highest BCUT2D eigenvalue weighted by molar-refractivity contribution is 5.76. The Morgan fingerprint density at radius 1 is 1.35 bits per heavy atom. The number of nitrogens with one attached hydrogen (secondary N) is 1. The minimum Gasteiger partial charge on any atom is -0.338 e. The molecule has 1 aromatic carbocycles. The van der Waals surface area contributed by atoms with E-state index in [9.17, 15) is 9.18 Å². The third-order valence-corrected chi connectivity index (χ3v) is 2.99. The number of H-pyrrole nitrogens is 1. The zero-order valence-electron chi connectivity index (χ0n) is 11.6. The molecule has 0 saturated heterocycles. The molecule has 0 saturated carbocycles. The Labute approximate surface area is 116 Å². The topological polar surface area (TPSA) is 61.9 Å². The van der Waals surface area contributed by atoms with Crippen LogP contribution in [0.25, 0.3) is 0 Å². The van der Waals surface area contributed by atoms with Crippen molar-refractivity contribution < 1.29 is 9.18 Å². The molecule has 0 fully saturated rings. The Bertz CT molecular complexity index is 579. The average Bonchev–Trinajstić information content (AvgIpc) is 2.83. The van der Waals surface area contributed by atoms with E-state index in [2.05, 4.69) is 15.2 Å². The van der Waals surface area contributed by atoms with Crippen LogP contribution in [0.1, 0.15) is 23.6 Å². The van der Waals surface area contributed by atoms with Crippen molar-refractivity contribution in [2.75, 3.05) is 7.05 Å². The largest absolute Gasteiger partial charge is 0.338 e. The smallest absolute Gasteiger partial charge is 0.223 e. The monoisotopic (exact) mass is 276 g/mol. The van der Waals surface area contributed by atoms with Crippen molar-refractivity contribution in [3.63, 3.8) is 0 Å². The second-order valence-corrected chi connectivity index (χ2v) is 4.71. The molecule has 0 aliphatic heterocycles. The van der Waals surface area contributed by atoms with Crippen LogP contribution in [0.3, 0.4) is 0 Å². The van der Waals surface area contributed by atoms with E-state index in [1.54, 1.807) is 24.1 Å². The van der Waals surface area contributed by atoms with E-state index in [-0.39, 0.29) is 11.7 Å². The molecule has 0 aliphatic carbocycles. The van der Waals surface area contributed by atoms with Crippen LogP contribution < -0.4 is 0 Å². The number of hydrogen-bond acceptors (Lipinski definition) is 3. The van der Waals surface area contributed by atoms with E-state index in [0.717, 1.165) is 11.4 Å². The Hall–Kier alpha value is -2.24. The molecule has 2 rings (SSSR count). The van der Waals surface area contributed by atoms with E-state index in [1.807, 2.05) is 6.92 Å². The molecule has 20 heavy (non-hydrogen) atoms. The third-order valence-electron chi connectivity index (χ3n) is 2.99. The lowest BCUT2D eigenvalue weighted by Crippen LogP contribution is -2.26. The van der Waals surface area contributed by atoms with E-state index in [0.29, 0.717) is 25.2 Å². The molecule has 2 aromatic rings. The van der Waals surface area contributed by atoms with Gasteiger partial charge in [-0.15, -0.1) is 0 Å². The van der Waals surface area contributed by atoms with Gasteiger partial charge in [0.15, 0.2) is 5.82 Å². The van der Waals surface area contributed by atoms with Crippen LogP contribution in [0.2, 0.25) is 0 Å². The normalized spacial score (nSPS) is 10.6. The fraction of sp³-hybridized carbons (Fsp3) is 0.357. The maximum Gasteiger partial charge on any atom is 0.223 e. The summed E-state index contributed by atoms with van der Waals surface area (Å²) in [6.07, 6.45) is 0.974. The molecule has 1 aromatic heterocycles. The molecular weight excluding hydrogens is 259 g/mol. The second-order valence-electron chi connectivity index (χ2n) is 4.71. The summed E-state index contributed by atoms with van der Waals surface area (Å²) in [6, 6.07) is 6.20. The van der Waals surface area contributed by atoms with Crippen LogP contribution in [0.5, 0.6) is 0 Å². The first kappa shape index (κ1) is 14.2. The number of hydrogen-bond donors (Lipinski definition) is 1. The number of carbonyl (C=O) groups is 1. The Morgan fingerprint density at radius 3 is 2.65 bits per heavy atom. The molecule has 0 unspecified atom stereocenters. The highest BCUT2D eigenvalue weighted by Crippen LogP contribution is 2.07. The molecule has 6 heteroatoms. The van der Waals surface area contributed by atoms with Crippen molar-refractivity contribution in [1.82, 2.24) is 20.1 Å². The van der Waals surface area contributed by atoms with Gasteiger partial charge in [-0.25, -0.2) is 9.37 Å². The van der Waals surface area contributed by atoms with Crippen molar-refractivity contribution in [2.24, 2.45) is 0 Å². The van der Waals surface area contributed by atoms with Crippen LogP contribution >= 0.6 is 0 Å². The van der Waals surface area contributed by atoms with Crippen molar-refractivity contribution in [3.05, 3.63) is 47.3 Å². The molecule has 0 bridgehead atoms. The van der Waals surface area contributed by atoms with Crippen LogP contribution in [-0.2, 0) is 17.8 Å². The number of carbonyl (C=O) groups excluding carboxylic acids is 1. The molecule has 5 nitrogen and oxygen atoms in total. The van der Waals surface area contributed by atoms with Gasteiger partial charge in [0.1, 0.15) is 11.6 Å². The molecule has 0 radical (unpaired) electrons. The predicted molar refractivity (Wildman–Crippen MR) is 72.3 cm³/mol. The summed E-state index contributed by atoms with van der Waals surface area (Å²) in [5, 5.41) is 6.74. The minimum absolute atomic E-state index is 0.0109. The summed E-state index contributed by atoms with van der Waals surface area (Å²) in [6.45, 7) is 2.19. The standard InChI is InChI=1S/C14H17FN4O/c1-10-16-13(18-17-10)9-19(2)14(20)8-5-11-3-6-12(15)7-4-11/h3-4,6-7H,5,8-9H2,1-2H3,(H,16,17,18). The molecule has 106 valence electrons. The lowest BCUT2D eigenvalue weighted by molar-refractivity contribution is -0.130. The van der Waals surface area contributed by atoms with Crippen molar-refractivity contribution in [2.45, 2.75) is 26.3 Å². The number of aromatic amines is 1. The molecule has 1 heterocycles. The van der Waals surface area contributed by atoms with Crippen molar-refractivity contribution in [1.29, 1.82) is 0 Å². The van der Waals surface area contributed by atoms with Crippen molar-refractivity contribution >= 4 is 5.91 Å². The zero-order chi connectivity index (χ0) is 14.5. The number of benzene rings is 1. The van der Waals surface area contributed by atoms with Gasteiger partial charge in [0, 0.05) is 13.5 Å². The fourth-order valence-corrected chi connectivity index (χ4v) is 1.85. The SMILES string of the molecule is Cc1nc(CN(C)C(=O)CCc2ccc(F)cc2)n[nH]1. The Balaban J connectivity index is 1.83.